The van der Waals surface area contributed by atoms with Crippen molar-refractivity contribution in [2.75, 3.05) is 0 Å². The van der Waals surface area contributed by atoms with Crippen LogP contribution < -0.4 is 0 Å². The largest absolute Gasteiger partial charge is 0 e. The summed E-state index contributed by atoms with van der Waals surface area (Å²) in [7, 11) is -3.37. The Morgan fingerprint density at radius 3 is 1.13 bits per heavy atom. The van der Waals surface area contributed by atoms with Crippen LogP contribution in [0.15, 0.2) is 35.4 Å². The second-order valence-electron chi connectivity index (χ2n) is 8.69. The summed E-state index contributed by atoms with van der Waals surface area (Å²) < 4.78 is 35.5. The minimum Gasteiger partial charge on any atom is 0 e. The van der Waals surface area contributed by atoms with Crippen LogP contribution in [0.25, 0.3) is 11.5 Å². The van der Waals surface area contributed by atoms with Crippen molar-refractivity contribution >= 4 is 28.2 Å². The summed E-state index contributed by atoms with van der Waals surface area (Å²) in [6, 6.07) is 8.56. The van der Waals surface area contributed by atoms with Gasteiger partial charge in [0, 0.05) is 28.5 Å². The first kappa shape index (κ1) is 34.1. The fourth-order valence-electron chi connectivity index (χ4n) is 2.84. The van der Waals surface area contributed by atoms with Gasteiger partial charge in [-0.15, -0.1) is 0 Å². The van der Waals surface area contributed by atoms with Gasteiger partial charge in [0.2, 0.25) is 16.6 Å². The Kier molecular flexibility index (Phi) is 17.8. The van der Waals surface area contributed by atoms with Crippen molar-refractivity contribution < 1.29 is 40.2 Å². The molecule has 0 atom stereocenters. The van der Waals surface area contributed by atoms with Gasteiger partial charge in [-0.3, -0.25) is 0 Å². The summed E-state index contributed by atoms with van der Waals surface area (Å²) in [5, 5.41) is 0. The zero-order valence-corrected chi connectivity index (χ0v) is 22.9. The molecule has 1 aliphatic rings. The molecule has 0 radical (unpaired) electrons. The zero-order chi connectivity index (χ0) is 24.1. The average Bonchev–Trinajstić information content (AvgIpc) is 2.71. The molecular formula is C23H32CrO5Si2. The normalized spacial score (nSPS) is 17.6. The molecule has 5 nitrogen and oxygen atoms in total. The molecule has 8 heteroatoms. The predicted octanol–water partition coefficient (Wildman–Crippen LogP) is 6.53. The molecule has 0 saturated heterocycles. The molecule has 0 aliphatic heterocycles. The Hall–Kier alpha value is -1.51. The molecule has 0 unspecified atom stereocenters. The molecule has 2 rings (SSSR count). The maximum absolute atomic E-state index is 7.50. The van der Waals surface area contributed by atoms with Gasteiger partial charge in [-0.05, 0) is 77.1 Å². The van der Waals surface area contributed by atoms with Crippen LogP contribution in [0.1, 0.15) is 37.8 Å². The fourth-order valence-corrected chi connectivity index (χ4v) is 4.63. The number of hydrogen-bond acceptors (Lipinski definition) is 2. The molecule has 0 saturated carbocycles. The molecule has 0 aromatic heterocycles. The summed E-state index contributed by atoms with van der Waals surface area (Å²) in [6.45, 7) is 31.4. The predicted molar refractivity (Wildman–Crippen MR) is 122 cm³/mol. The van der Waals surface area contributed by atoms with Crippen molar-refractivity contribution in [3.8, 4) is 0 Å². The van der Waals surface area contributed by atoms with Gasteiger partial charge in [-0.2, -0.15) is 0 Å². The second kappa shape index (κ2) is 16.2. The Labute approximate surface area is 200 Å². The number of hydrogen-bond donors (Lipinski definition) is 0. The van der Waals surface area contributed by atoms with Crippen LogP contribution in [0.5, 0.6) is 0 Å². The van der Waals surface area contributed by atoms with Gasteiger partial charge in [-0.25, -0.2) is 0 Å². The standard InChI is InChI=1S/C20H32O2Si2.3CO.Cr/c1-15-13-14-16(2)20(22-24(6,7)8)18-12-10-9-11-17(18)19(15)21-23(3,4)5;3*1-2;/h9-12H,13-14H2,1-8H3;;;;/b19-15+,20-16+;;;;. The first-order chi connectivity index (χ1) is 14.0. The van der Waals surface area contributed by atoms with E-state index in [1.807, 2.05) is 0 Å². The number of allylic oxidation sites excluding steroid dienone is 2. The van der Waals surface area contributed by atoms with E-state index in [1.54, 1.807) is 0 Å². The minimum absolute atomic E-state index is 0. The van der Waals surface area contributed by atoms with E-state index in [9.17, 15) is 0 Å². The van der Waals surface area contributed by atoms with Gasteiger partial charge >= 0.3 is 33.9 Å². The van der Waals surface area contributed by atoms with Crippen molar-refractivity contribution in [1.82, 2.24) is 0 Å². The Bertz CT molecular complexity index is 736. The molecule has 0 fully saturated rings. The SMILES string of the molecule is C/C1=C(\O[Si](C)(C)C)c2ccccc2/C(O[Si](C)(C)C)=C(/C)CC1.[C-]#[O+].[C-]#[O+].[C-]#[O+].[Cr]. The molecule has 1 aromatic carbocycles. The topological polar surface area (TPSA) is 78.2 Å². The van der Waals surface area contributed by atoms with Crippen molar-refractivity contribution in [3.63, 3.8) is 0 Å². The van der Waals surface area contributed by atoms with Crippen LogP contribution in [0.4, 0.5) is 0 Å². The molecule has 0 bridgehead atoms. The van der Waals surface area contributed by atoms with Crippen molar-refractivity contribution in [3.05, 3.63) is 66.5 Å². The molecule has 0 N–H and O–H groups in total. The fraction of sp³-hybridized carbons (Fsp3) is 0.435. The van der Waals surface area contributed by atoms with E-state index < -0.39 is 16.6 Å². The van der Waals surface area contributed by atoms with Crippen molar-refractivity contribution in [1.29, 1.82) is 0 Å². The number of rotatable bonds is 4. The zero-order valence-electron chi connectivity index (χ0n) is 19.7. The van der Waals surface area contributed by atoms with E-state index in [0.29, 0.717) is 0 Å². The molecule has 168 valence electrons. The average molecular weight is 497 g/mol. The van der Waals surface area contributed by atoms with Gasteiger partial charge in [0.15, 0.2) is 0 Å². The van der Waals surface area contributed by atoms with Crippen LogP contribution in [0, 0.1) is 20.0 Å². The van der Waals surface area contributed by atoms with E-state index >= 15 is 0 Å². The Morgan fingerprint density at radius 1 is 0.645 bits per heavy atom. The summed E-state index contributed by atoms with van der Waals surface area (Å²) in [5.41, 5.74) is 5.06. The van der Waals surface area contributed by atoms with Crippen LogP contribution in [-0.2, 0) is 40.2 Å². The van der Waals surface area contributed by atoms with E-state index in [2.05, 4.69) is 97.3 Å². The first-order valence-electron chi connectivity index (χ1n) is 9.46. The maximum Gasteiger partial charge on any atom is 0 e. The van der Waals surface area contributed by atoms with Crippen molar-refractivity contribution in [2.45, 2.75) is 66.0 Å². The van der Waals surface area contributed by atoms with Crippen LogP contribution in [0.3, 0.4) is 0 Å². The second-order valence-corrected chi connectivity index (χ2v) is 17.6. The Morgan fingerprint density at radius 2 is 0.903 bits per heavy atom. The van der Waals surface area contributed by atoms with Gasteiger partial charge in [0.25, 0.3) is 0 Å². The van der Waals surface area contributed by atoms with Gasteiger partial charge in [0.05, 0.1) is 0 Å². The van der Waals surface area contributed by atoms with Gasteiger partial charge in [-0.1, -0.05) is 24.3 Å². The van der Waals surface area contributed by atoms with Crippen LogP contribution >= 0.6 is 0 Å². The number of fused-ring (bicyclic) bond motifs is 1. The molecular weight excluding hydrogens is 464 g/mol. The number of benzene rings is 1. The third-order valence-electron chi connectivity index (χ3n) is 3.88. The third-order valence-corrected chi connectivity index (χ3v) is 5.52. The quantitative estimate of drug-likeness (QED) is 0.270. The smallest absolute Gasteiger partial charge is 0 e. The third kappa shape index (κ3) is 12.2. The van der Waals surface area contributed by atoms with Crippen molar-refractivity contribution in [2.24, 2.45) is 0 Å². The van der Waals surface area contributed by atoms with E-state index in [-0.39, 0.29) is 17.4 Å². The summed E-state index contributed by atoms with van der Waals surface area (Å²) in [5.74, 6) is 2.16. The minimum atomic E-state index is -1.69. The van der Waals surface area contributed by atoms with E-state index in [0.717, 1.165) is 24.4 Å². The monoisotopic (exact) mass is 496 g/mol. The molecule has 1 aliphatic carbocycles. The van der Waals surface area contributed by atoms with E-state index in [1.165, 1.54) is 22.3 Å². The summed E-state index contributed by atoms with van der Waals surface area (Å²) >= 11 is 0. The molecule has 0 spiro atoms. The maximum atomic E-state index is 7.50. The van der Waals surface area contributed by atoms with E-state index in [4.69, 9.17) is 22.8 Å². The van der Waals surface area contributed by atoms with Crippen LogP contribution in [0.2, 0.25) is 39.3 Å². The molecule has 31 heavy (non-hydrogen) atoms. The Balaban J connectivity index is -0.00000103. The first-order valence-corrected chi connectivity index (χ1v) is 16.3. The summed E-state index contributed by atoms with van der Waals surface area (Å²) in [4.78, 5) is 0. The van der Waals surface area contributed by atoms with Gasteiger partial charge < -0.3 is 8.85 Å². The molecule has 1 aromatic rings. The van der Waals surface area contributed by atoms with Crippen LogP contribution in [-0.4, -0.2) is 16.6 Å². The summed E-state index contributed by atoms with van der Waals surface area (Å²) in [6.07, 6.45) is 2.05. The molecule has 0 amide bonds. The van der Waals surface area contributed by atoms with Gasteiger partial charge in [0.1, 0.15) is 11.5 Å². The molecule has 0 heterocycles.